The third-order valence-electron chi connectivity index (χ3n) is 13.9. The molecule has 12 heteroatoms. The fourth-order valence-corrected chi connectivity index (χ4v) is 11.0. The molecule has 3 heterocycles. The van der Waals surface area contributed by atoms with Gasteiger partial charge in [-0.3, -0.25) is 4.79 Å². The molecule has 6 aromatic rings. The normalized spacial score (nSPS) is 21.6. The van der Waals surface area contributed by atoms with E-state index in [0.29, 0.717) is 56.0 Å². The number of rotatable bonds is 13. The lowest BCUT2D eigenvalue weighted by molar-refractivity contribution is -0.132. The number of phenols is 4. The molecule has 6 unspecified atom stereocenters. The Hall–Kier alpha value is -6.24. The van der Waals surface area contributed by atoms with E-state index in [1.165, 1.54) is 7.11 Å². The third kappa shape index (κ3) is 9.46. The molecule has 342 valence electrons. The minimum Gasteiger partial charge on any atom is -0.508 e. The molecule has 0 saturated heterocycles. The standard InChI is InChI=1S/C53H62N4O8/c1-31(2)30-65-48-26-35(25-46(62)52(48)63)34-22-36(29-54-3)50-41-13-12-40(58)23-33(41)11-14-42(50)57-49-28-38(17-20-56-49)53(18-5-7-37(53)27-39-8-6-19-55-39)51(45(61)24-34)44(60)16-10-32-9-15-43(59)47(21-32)64-4/h6,8-9,11-15,17,19-21,23,25-26,28,31,34,36-37,44,51,54-55,58-60,62-63H,5,7,10,16,18,22,24,27,29-30H2,1-4H3,(H,56,57). The van der Waals surface area contributed by atoms with Gasteiger partial charge in [0.15, 0.2) is 23.0 Å². The summed E-state index contributed by atoms with van der Waals surface area (Å²) in [6, 6.07) is 26.0. The van der Waals surface area contributed by atoms with Crippen molar-refractivity contribution in [2.24, 2.45) is 17.8 Å². The predicted octanol–water partition coefficient (Wildman–Crippen LogP) is 9.51. The topological polar surface area (TPSA) is 189 Å². The number of ether oxygens (including phenoxy) is 2. The van der Waals surface area contributed by atoms with Crippen molar-refractivity contribution in [3.05, 3.63) is 125 Å². The van der Waals surface area contributed by atoms with E-state index in [1.54, 1.807) is 42.6 Å². The molecule has 12 nitrogen and oxygen atoms in total. The number of methoxy groups -OCH3 is 1. The summed E-state index contributed by atoms with van der Waals surface area (Å²) in [6.07, 6.45) is 6.79. The molecule has 1 aliphatic carbocycles. The summed E-state index contributed by atoms with van der Waals surface area (Å²) in [6.45, 7) is 4.82. The first kappa shape index (κ1) is 45.3. The number of anilines is 2. The summed E-state index contributed by atoms with van der Waals surface area (Å²) in [4.78, 5) is 24.4. The largest absolute Gasteiger partial charge is 0.508 e. The molecular weight excluding hydrogens is 821 g/mol. The number of carbonyl (C=O) groups excluding carboxylic acids is 1. The molecule has 0 radical (unpaired) electrons. The van der Waals surface area contributed by atoms with Gasteiger partial charge in [-0.2, -0.15) is 0 Å². The van der Waals surface area contributed by atoms with Gasteiger partial charge in [0.1, 0.15) is 17.4 Å². The van der Waals surface area contributed by atoms with Gasteiger partial charge in [-0.05, 0) is 169 Å². The number of aromatic hydroxyl groups is 4. The Balaban J connectivity index is 1.34. The second-order valence-corrected chi connectivity index (χ2v) is 18.6. The first-order chi connectivity index (χ1) is 31.4. The van der Waals surface area contributed by atoms with Gasteiger partial charge in [0.05, 0.1) is 25.7 Å². The number of aryl methyl sites for hydroxylation is 1. The van der Waals surface area contributed by atoms with Gasteiger partial charge in [-0.15, -0.1) is 0 Å². The number of H-pyrrole nitrogens is 1. The third-order valence-corrected chi connectivity index (χ3v) is 13.9. The lowest BCUT2D eigenvalue weighted by Crippen LogP contribution is -2.50. The molecule has 8 rings (SSSR count). The number of carbonyl (C=O) groups is 1. The van der Waals surface area contributed by atoms with Crippen molar-refractivity contribution in [2.75, 3.05) is 32.6 Å². The lowest BCUT2D eigenvalue weighted by atomic mass is 9.58. The van der Waals surface area contributed by atoms with Crippen LogP contribution in [0.5, 0.6) is 34.5 Å². The Labute approximate surface area is 380 Å². The van der Waals surface area contributed by atoms with Crippen LogP contribution in [0, 0.1) is 17.8 Å². The number of aromatic nitrogens is 2. The van der Waals surface area contributed by atoms with Crippen LogP contribution in [-0.4, -0.2) is 74.7 Å². The van der Waals surface area contributed by atoms with Gasteiger partial charge < -0.3 is 50.6 Å². The molecule has 1 aliphatic heterocycles. The van der Waals surface area contributed by atoms with E-state index in [9.17, 15) is 25.5 Å². The quantitative estimate of drug-likeness (QED) is 0.0516. The molecule has 1 saturated carbocycles. The number of hydrogen-bond acceptors (Lipinski definition) is 11. The lowest BCUT2D eigenvalue weighted by Gasteiger charge is -2.45. The van der Waals surface area contributed by atoms with Crippen molar-refractivity contribution in [1.29, 1.82) is 0 Å². The minimum absolute atomic E-state index is 0.0199. The van der Waals surface area contributed by atoms with Crippen LogP contribution in [0.1, 0.15) is 92.2 Å². The van der Waals surface area contributed by atoms with Crippen molar-refractivity contribution in [2.45, 2.75) is 88.6 Å². The van der Waals surface area contributed by atoms with E-state index < -0.39 is 23.4 Å². The average Bonchev–Trinajstić information content (AvgIpc) is 3.97. The highest BCUT2D eigenvalue weighted by Gasteiger charge is 2.55. The second-order valence-electron chi connectivity index (χ2n) is 18.6. The molecule has 2 aliphatic rings. The molecule has 1 spiro atoms. The Kier molecular flexibility index (Phi) is 13.6. The van der Waals surface area contributed by atoms with Crippen LogP contribution < -0.4 is 20.1 Å². The summed E-state index contributed by atoms with van der Waals surface area (Å²) < 4.78 is 11.5. The molecule has 6 atom stereocenters. The molecule has 0 amide bonds. The number of Topliss-reactive ketones (excluding diaryl/α,β-unsaturated/α-hetero) is 1. The monoisotopic (exact) mass is 882 g/mol. The number of aromatic amines is 1. The summed E-state index contributed by atoms with van der Waals surface area (Å²) >= 11 is 0. The summed E-state index contributed by atoms with van der Waals surface area (Å²) in [5.41, 5.74) is 4.45. The summed E-state index contributed by atoms with van der Waals surface area (Å²) in [5.74, 6) is -1.06. The molecule has 2 bridgehead atoms. The number of ketones is 1. The Morgan fingerprint density at radius 2 is 1.80 bits per heavy atom. The van der Waals surface area contributed by atoms with Crippen LogP contribution in [0.3, 0.4) is 0 Å². The molecule has 2 aromatic heterocycles. The van der Waals surface area contributed by atoms with Crippen molar-refractivity contribution in [3.63, 3.8) is 0 Å². The number of fused-ring (bicyclic) bond motifs is 6. The van der Waals surface area contributed by atoms with Crippen LogP contribution in [-0.2, 0) is 23.1 Å². The number of aliphatic hydroxyl groups is 1. The first-order valence-electron chi connectivity index (χ1n) is 22.9. The maximum atomic E-state index is 16.1. The average molecular weight is 883 g/mol. The van der Waals surface area contributed by atoms with E-state index in [1.807, 2.05) is 63.5 Å². The Bertz CT molecular complexity index is 2610. The number of hydrogen-bond donors (Lipinski definition) is 8. The number of likely N-dealkylation sites (N-methyl/N-ethyl adjacent to an activating group) is 1. The van der Waals surface area contributed by atoms with Crippen molar-refractivity contribution < 1.29 is 39.8 Å². The highest BCUT2D eigenvalue weighted by Crippen LogP contribution is 2.55. The zero-order chi connectivity index (χ0) is 45.8. The van der Waals surface area contributed by atoms with Gasteiger partial charge in [0.2, 0.25) is 5.75 Å². The predicted molar refractivity (Wildman–Crippen MR) is 253 cm³/mol. The van der Waals surface area contributed by atoms with Gasteiger partial charge in [-0.25, -0.2) is 4.98 Å². The van der Waals surface area contributed by atoms with E-state index in [4.69, 9.17) is 14.5 Å². The van der Waals surface area contributed by atoms with Gasteiger partial charge in [0, 0.05) is 42.2 Å². The fraction of sp³-hybridized carbons (Fsp3) is 0.396. The summed E-state index contributed by atoms with van der Waals surface area (Å²) in [7, 11) is 3.40. The molecular formula is C53H62N4O8. The summed E-state index contributed by atoms with van der Waals surface area (Å²) in [5, 5.41) is 65.2. The van der Waals surface area contributed by atoms with Crippen molar-refractivity contribution in [1.82, 2.24) is 15.3 Å². The molecule has 4 aromatic carbocycles. The van der Waals surface area contributed by atoms with Gasteiger partial charge in [-0.1, -0.05) is 38.5 Å². The highest BCUT2D eigenvalue weighted by molar-refractivity contribution is 5.93. The number of benzene rings is 4. The zero-order valence-corrected chi connectivity index (χ0v) is 37.7. The van der Waals surface area contributed by atoms with Crippen molar-refractivity contribution in [3.8, 4) is 34.5 Å². The second kappa shape index (κ2) is 19.5. The Morgan fingerprint density at radius 3 is 2.57 bits per heavy atom. The number of nitrogens with one attached hydrogen (secondary N) is 3. The number of pyridine rings is 1. The van der Waals surface area contributed by atoms with Crippen molar-refractivity contribution >= 4 is 28.1 Å². The maximum Gasteiger partial charge on any atom is 0.200 e. The number of phenolic OH excluding ortho intramolecular Hbond substituents is 4. The van der Waals surface area contributed by atoms with Crippen LogP contribution in [0.25, 0.3) is 10.8 Å². The van der Waals surface area contributed by atoms with Crippen LogP contribution >= 0.6 is 0 Å². The van der Waals surface area contributed by atoms with Gasteiger partial charge >= 0.3 is 0 Å². The molecule has 65 heavy (non-hydrogen) atoms. The number of nitrogens with zero attached hydrogens (tertiary/aromatic N) is 1. The van der Waals surface area contributed by atoms with Crippen LogP contribution in [0.4, 0.5) is 11.5 Å². The van der Waals surface area contributed by atoms with E-state index in [0.717, 1.165) is 51.7 Å². The SMILES string of the molecule is CNCC1CC(c2cc(O)c(O)c(OCC(C)C)c2)CC(=O)C(C(O)CCc2ccc(O)c(OC)c2)C2(CCCC2Cc2ccc[nH]2)c2ccnc(c2)Nc2ccc3cc(O)ccc3c21. The minimum atomic E-state index is -1.08. The Morgan fingerprint density at radius 1 is 0.954 bits per heavy atom. The molecule has 1 fully saturated rings. The number of aliphatic hydroxyl groups excluding tert-OH is 1. The first-order valence-corrected chi connectivity index (χ1v) is 22.9. The van der Waals surface area contributed by atoms with Crippen LogP contribution in [0.2, 0.25) is 0 Å². The maximum absolute atomic E-state index is 16.1. The van der Waals surface area contributed by atoms with E-state index in [-0.39, 0.29) is 65.1 Å². The smallest absolute Gasteiger partial charge is 0.200 e. The van der Waals surface area contributed by atoms with E-state index in [2.05, 4.69) is 27.8 Å². The molecule has 8 N–H and O–H groups in total. The highest BCUT2D eigenvalue weighted by atomic mass is 16.5. The fourth-order valence-electron chi connectivity index (χ4n) is 11.0. The van der Waals surface area contributed by atoms with E-state index >= 15 is 4.79 Å². The van der Waals surface area contributed by atoms with Crippen LogP contribution in [0.15, 0.2) is 97.3 Å². The van der Waals surface area contributed by atoms with Gasteiger partial charge in [0.25, 0.3) is 0 Å². The zero-order valence-electron chi connectivity index (χ0n) is 37.7.